The first kappa shape index (κ1) is 29.6. The monoisotopic (exact) mass is 596 g/mol. The number of nitro groups is 2. The Labute approximate surface area is 223 Å². The van der Waals surface area contributed by atoms with Gasteiger partial charge in [0.05, 0.1) is 53.1 Å². The number of rotatable bonds is 11. The van der Waals surface area contributed by atoms with Gasteiger partial charge in [-0.2, -0.15) is 0 Å². The minimum absolute atomic E-state index is 0.0311. The second-order valence-electron chi connectivity index (χ2n) is 7.24. The molecule has 0 aliphatic rings. The first-order chi connectivity index (χ1) is 17.9. The molecule has 2 aromatic rings. The fraction of sp³-hybridized carbons (Fsp3) is 0.286. The van der Waals surface area contributed by atoms with Crippen molar-refractivity contribution in [2.75, 3.05) is 44.6 Å². The minimum atomic E-state index is -0.859. The quantitative estimate of drug-likeness (QED) is 0.171. The van der Waals surface area contributed by atoms with E-state index in [1.807, 2.05) is 0 Å². The number of anilines is 2. The number of halogens is 1. The van der Waals surface area contributed by atoms with Crippen LogP contribution in [0.2, 0.25) is 0 Å². The molecule has 0 radical (unpaired) electrons. The van der Waals surface area contributed by atoms with Gasteiger partial charge in [-0.1, -0.05) is 0 Å². The van der Waals surface area contributed by atoms with Crippen LogP contribution in [0.3, 0.4) is 0 Å². The van der Waals surface area contributed by atoms with Crippen LogP contribution in [0, 0.1) is 20.2 Å². The lowest BCUT2D eigenvalue weighted by Crippen LogP contribution is -2.36. The zero-order valence-corrected chi connectivity index (χ0v) is 22.0. The molecule has 0 bridgehead atoms. The topological polar surface area (TPSA) is 205 Å². The number of nitro benzene ring substituents is 2. The number of non-ortho nitro benzene ring substituents is 1. The molecule has 0 aliphatic carbocycles. The van der Waals surface area contributed by atoms with Crippen molar-refractivity contribution in [1.82, 2.24) is 0 Å². The Kier molecular flexibility index (Phi) is 10.1. The largest absolute Gasteiger partial charge is 0.494 e. The molecule has 0 saturated heterocycles. The summed E-state index contributed by atoms with van der Waals surface area (Å²) in [5.41, 5.74) is -1.37. The van der Waals surface area contributed by atoms with Crippen molar-refractivity contribution < 1.29 is 38.4 Å². The SMILES string of the molecule is COC(=O)CN(CC(=O)OC)c1cc(NC(C)=O)c(N=Nc2c(Br)cc([N+](=O)[O-])cc2[N+](=O)[O-])cc1OC. The van der Waals surface area contributed by atoms with Gasteiger partial charge < -0.3 is 24.4 Å². The smallest absolute Gasteiger partial charge is 0.325 e. The summed E-state index contributed by atoms with van der Waals surface area (Å²) in [4.78, 5) is 58.1. The lowest BCUT2D eigenvalue weighted by atomic mass is 10.2. The van der Waals surface area contributed by atoms with Gasteiger partial charge in [0.2, 0.25) is 5.91 Å². The molecule has 0 unspecified atom stereocenters. The highest BCUT2D eigenvalue weighted by Crippen LogP contribution is 2.43. The van der Waals surface area contributed by atoms with Crippen LogP contribution in [0.15, 0.2) is 39.0 Å². The Balaban J connectivity index is 2.70. The molecule has 0 spiro atoms. The maximum atomic E-state index is 12.0. The van der Waals surface area contributed by atoms with Gasteiger partial charge in [-0.25, -0.2) is 0 Å². The van der Waals surface area contributed by atoms with Crippen LogP contribution < -0.4 is 15.0 Å². The predicted octanol–water partition coefficient (Wildman–Crippen LogP) is 3.80. The van der Waals surface area contributed by atoms with Crippen molar-refractivity contribution in [2.45, 2.75) is 6.92 Å². The standard InChI is InChI=1S/C21H21BrN6O10/c1-11(29)23-14-7-16(26(9-19(30)37-3)10-20(31)38-4)18(36-2)8-15(14)24-25-21-13(22)5-12(27(32)33)6-17(21)28(34)35/h5-8H,9-10H2,1-4H3,(H,23,29). The Bertz CT molecular complexity index is 1300. The second-order valence-corrected chi connectivity index (χ2v) is 8.09. The molecule has 1 N–H and O–H groups in total. The van der Waals surface area contributed by atoms with E-state index in [0.29, 0.717) is 0 Å². The maximum Gasteiger partial charge on any atom is 0.325 e. The van der Waals surface area contributed by atoms with Gasteiger partial charge in [0.25, 0.3) is 5.69 Å². The van der Waals surface area contributed by atoms with Gasteiger partial charge in [0.1, 0.15) is 24.5 Å². The van der Waals surface area contributed by atoms with Crippen molar-refractivity contribution in [1.29, 1.82) is 0 Å². The summed E-state index contributed by atoms with van der Waals surface area (Å²) in [7, 11) is 3.62. The van der Waals surface area contributed by atoms with E-state index in [1.165, 1.54) is 31.1 Å². The average molecular weight is 597 g/mol. The zero-order chi connectivity index (χ0) is 28.6. The van der Waals surface area contributed by atoms with Crippen LogP contribution in [0.25, 0.3) is 0 Å². The van der Waals surface area contributed by atoms with Crippen molar-refractivity contribution in [3.05, 3.63) is 49.0 Å². The van der Waals surface area contributed by atoms with Gasteiger partial charge in [-0.15, -0.1) is 10.2 Å². The first-order valence-electron chi connectivity index (χ1n) is 10.3. The average Bonchev–Trinajstić information content (AvgIpc) is 2.86. The van der Waals surface area contributed by atoms with Crippen LogP contribution in [0.4, 0.5) is 34.1 Å². The van der Waals surface area contributed by atoms with Gasteiger partial charge in [-0.05, 0) is 22.0 Å². The van der Waals surface area contributed by atoms with Crippen molar-refractivity contribution in [2.24, 2.45) is 10.2 Å². The molecular formula is C21H21BrN6O10. The van der Waals surface area contributed by atoms with Crippen molar-refractivity contribution in [3.8, 4) is 5.75 Å². The fourth-order valence-electron chi connectivity index (χ4n) is 3.03. The number of azo groups is 1. The third kappa shape index (κ3) is 7.42. The number of carbonyl (C=O) groups is 3. The summed E-state index contributed by atoms with van der Waals surface area (Å²) in [6.45, 7) is 0.442. The molecule has 0 atom stereocenters. The Morgan fingerprint density at radius 1 is 0.974 bits per heavy atom. The van der Waals surface area contributed by atoms with Crippen molar-refractivity contribution >= 4 is 67.9 Å². The molecule has 0 aromatic heterocycles. The van der Waals surface area contributed by atoms with E-state index in [-0.39, 0.29) is 46.1 Å². The number of nitrogens with one attached hydrogen (secondary N) is 1. The molecule has 0 fully saturated rings. The number of methoxy groups -OCH3 is 3. The van der Waals surface area contributed by atoms with Crippen molar-refractivity contribution in [3.63, 3.8) is 0 Å². The number of hydrogen-bond donors (Lipinski definition) is 1. The lowest BCUT2D eigenvalue weighted by molar-refractivity contribution is -0.393. The predicted molar refractivity (Wildman–Crippen MR) is 135 cm³/mol. The Hall–Kier alpha value is -4.67. The highest BCUT2D eigenvalue weighted by Gasteiger charge is 2.25. The maximum absolute atomic E-state index is 12.0. The Morgan fingerprint density at radius 2 is 1.58 bits per heavy atom. The summed E-state index contributed by atoms with van der Waals surface area (Å²) in [6, 6.07) is 4.41. The molecule has 0 saturated carbocycles. The number of benzene rings is 2. The normalized spacial score (nSPS) is 10.6. The third-order valence-electron chi connectivity index (χ3n) is 4.74. The molecule has 0 aliphatic heterocycles. The van der Waals surface area contributed by atoms with E-state index < -0.39 is 39.1 Å². The van der Waals surface area contributed by atoms with E-state index in [0.717, 1.165) is 26.4 Å². The fourth-order valence-corrected chi connectivity index (χ4v) is 3.54. The highest BCUT2D eigenvalue weighted by molar-refractivity contribution is 9.10. The molecule has 1 amide bonds. The molecule has 38 heavy (non-hydrogen) atoms. The molecule has 0 heterocycles. The number of carbonyl (C=O) groups excluding carboxylic acids is 3. The summed E-state index contributed by atoms with van der Waals surface area (Å²) < 4.78 is 14.7. The van der Waals surface area contributed by atoms with E-state index in [1.54, 1.807) is 0 Å². The van der Waals surface area contributed by atoms with E-state index >= 15 is 0 Å². The molecule has 202 valence electrons. The molecular weight excluding hydrogens is 576 g/mol. The number of amides is 1. The second kappa shape index (κ2) is 13.0. The molecule has 16 nitrogen and oxygen atoms in total. The van der Waals surface area contributed by atoms with E-state index in [9.17, 15) is 34.6 Å². The van der Waals surface area contributed by atoms with Crippen LogP contribution in [-0.4, -0.2) is 62.1 Å². The lowest BCUT2D eigenvalue weighted by Gasteiger charge is -2.25. The summed E-state index contributed by atoms with van der Waals surface area (Å²) in [5, 5.41) is 33.0. The van der Waals surface area contributed by atoms with E-state index in [4.69, 9.17) is 4.74 Å². The zero-order valence-electron chi connectivity index (χ0n) is 20.4. The van der Waals surface area contributed by atoms with Crippen LogP contribution in [0.5, 0.6) is 5.75 Å². The molecule has 2 rings (SSSR count). The number of hydrogen-bond acceptors (Lipinski definition) is 13. The van der Waals surface area contributed by atoms with Gasteiger partial charge in [0, 0.05) is 19.1 Å². The van der Waals surface area contributed by atoms with Crippen LogP contribution in [0.1, 0.15) is 6.92 Å². The summed E-state index contributed by atoms with van der Waals surface area (Å²) >= 11 is 3.03. The third-order valence-corrected chi connectivity index (χ3v) is 5.34. The van der Waals surface area contributed by atoms with E-state index in [2.05, 4.69) is 40.9 Å². The summed E-state index contributed by atoms with van der Waals surface area (Å²) in [6.07, 6.45) is 0. The number of nitrogens with zero attached hydrogens (tertiary/aromatic N) is 5. The van der Waals surface area contributed by atoms with Crippen LogP contribution >= 0.6 is 15.9 Å². The number of esters is 2. The Morgan fingerprint density at radius 3 is 2.05 bits per heavy atom. The first-order valence-corrected chi connectivity index (χ1v) is 11.1. The van der Waals surface area contributed by atoms with Crippen LogP contribution in [-0.2, 0) is 23.9 Å². The van der Waals surface area contributed by atoms with Gasteiger partial charge in [-0.3, -0.25) is 34.6 Å². The minimum Gasteiger partial charge on any atom is -0.494 e. The summed E-state index contributed by atoms with van der Waals surface area (Å²) in [5.74, 6) is -1.81. The highest BCUT2D eigenvalue weighted by atomic mass is 79.9. The van der Waals surface area contributed by atoms with Gasteiger partial charge >= 0.3 is 17.6 Å². The number of ether oxygens (including phenoxy) is 3. The van der Waals surface area contributed by atoms with Gasteiger partial charge in [0.15, 0.2) is 5.69 Å². The molecule has 17 heteroatoms. The molecule has 2 aromatic carbocycles.